The maximum Gasteiger partial charge on any atom is 0.263 e. The third-order valence-electron chi connectivity index (χ3n) is 6.01. The molecule has 0 bridgehead atoms. The Balaban J connectivity index is 1.44. The zero-order valence-electron chi connectivity index (χ0n) is 17.1. The molecule has 7 heteroatoms. The lowest BCUT2D eigenvalue weighted by atomic mass is 9.87. The van der Waals surface area contributed by atoms with Gasteiger partial charge in [-0.2, -0.15) is 0 Å². The number of likely N-dealkylation sites (tertiary alicyclic amines) is 1. The summed E-state index contributed by atoms with van der Waals surface area (Å²) in [5.74, 6) is 0.745. The number of rotatable bonds is 6. The average molecular weight is 426 g/mol. The molecule has 2 aromatic carbocycles. The molecule has 0 saturated carbocycles. The Morgan fingerprint density at radius 2 is 1.90 bits per heavy atom. The minimum atomic E-state index is -3.55. The van der Waals surface area contributed by atoms with Gasteiger partial charge < -0.3 is 4.90 Å². The summed E-state index contributed by atoms with van der Waals surface area (Å²) in [4.78, 5) is 19.6. The predicted octanol–water partition coefficient (Wildman–Crippen LogP) is 3.30. The molecule has 1 fully saturated rings. The van der Waals surface area contributed by atoms with Crippen LogP contribution in [0.4, 0.5) is 0 Å². The average Bonchev–Trinajstić information content (AvgIpc) is 3.33. The fraction of sp³-hybridized carbons (Fsp3) is 0.391. The summed E-state index contributed by atoms with van der Waals surface area (Å²) in [5, 5.41) is 0. The van der Waals surface area contributed by atoms with E-state index in [0.29, 0.717) is 17.3 Å². The van der Waals surface area contributed by atoms with Crippen LogP contribution in [-0.2, 0) is 14.8 Å². The Morgan fingerprint density at radius 3 is 2.67 bits per heavy atom. The molecule has 2 aliphatic heterocycles. The van der Waals surface area contributed by atoms with Crippen LogP contribution in [0.3, 0.4) is 0 Å². The first-order valence-electron chi connectivity index (χ1n) is 10.5. The predicted molar refractivity (Wildman–Crippen MR) is 117 cm³/mol. The summed E-state index contributed by atoms with van der Waals surface area (Å²) in [5.41, 5.74) is 1.85. The summed E-state index contributed by atoms with van der Waals surface area (Å²) in [6, 6.07) is 17.4. The minimum absolute atomic E-state index is 0.0883. The Kier molecular flexibility index (Phi) is 5.90. The van der Waals surface area contributed by atoms with Crippen LogP contribution in [0.5, 0.6) is 0 Å². The van der Waals surface area contributed by atoms with Crippen LogP contribution in [0.25, 0.3) is 0 Å². The first-order valence-corrected chi connectivity index (χ1v) is 12.0. The van der Waals surface area contributed by atoms with Crippen molar-refractivity contribution in [3.63, 3.8) is 0 Å². The number of amides is 1. The second-order valence-electron chi connectivity index (χ2n) is 7.80. The molecule has 158 valence electrons. The first-order chi connectivity index (χ1) is 14.5. The summed E-state index contributed by atoms with van der Waals surface area (Å²) < 4.78 is 26.9. The maximum absolute atomic E-state index is 13.0. The second kappa shape index (κ2) is 8.60. The third-order valence-corrected chi connectivity index (χ3v) is 7.41. The number of nitrogens with one attached hydrogen (secondary N) is 1. The van der Waals surface area contributed by atoms with Gasteiger partial charge in [-0.05, 0) is 37.0 Å². The molecule has 0 unspecified atom stereocenters. The van der Waals surface area contributed by atoms with Crippen LogP contribution in [0.15, 0.2) is 64.5 Å². The molecule has 2 aliphatic rings. The van der Waals surface area contributed by atoms with E-state index >= 15 is 0 Å². The summed E-state index contributed by atoms with van der Waals surface area (Å²) in [6.07, 6.45) is 3.29. The topological polar surface area (TPSA) is 78.8 Å². The van der Waals surface area contributed by atoms with Crippen molar-refractivity contribution in [3.8, 4) is 0 Å². The quantitative estimate of drug-likeness (QED) is 0.771. The van der Waals surface area contributed by atoms with Gasteiger partial charge in [-0.25, -0.2) is 8.42 Å². The number of fused-ring (bicyclic) bond motifs is 1. The van der Waals surface area contributed by atoms with E-state index in [9.17, 15) is 13.2 Å². The fourth-order valence-corrected chi connectivity index (χ4v) is 5.86. The van der Waals surface area contributed by atoms with Gasteiger partial charge in [0.15, 0.2) is 0 Å². The second-order valence-corrected chi connectivity index (χ2v) is 9.45. The molecule has 0 aliphatic carbocycles. The number of hydrogen-bond donors (Lipinski definition) is 1. The van der Waals surface area contributed by atoms with E-state index in [1.165, 1.54) is 5.56 Å². The molecule has 1 saturated heterocycles. The highest BCUT2D eigenvalue weighted by Gasteiger charge is 2.34. The number of sulfonamides is 1. The number of nitrogens with zero attached hydrogens (tertiary/aromatic N) is 2. The summed E-state index contributed by atoms with van der Waals surface area (Å²) in [6.45, 7) is 3.21. The largest absolute Gasteiger partial charge is 0.339 e. The zero-order chi connectivity index (χ0) is 21.1. The molecule has 6 nitrogen and oxygen atoms in total. The molecule has 1 N–H and O–H groups in total. The number of hydrogen-bond acceptors (Lipinski definition) is 4. The van der Waals surface area contributed by atoms with Crippen molar-refractivity contribution in [3.05, 3.63) is 65.7 Å². The summed E-state index contributed by atoms with van der Waals surface area (Å²) in [7, 11) is -3.55. The molecule has 2 aromatic rings. The van der Waals surface area contributed by atoms with E-state index in [2.05, 4.69) is 40.9 Å². The molecule has 1 amide bonds. The van der Waals surface area contributed by atoms with E-state index in [1.54, 1.807) is 24.3 Å². The Hall–Kier alpha value is -2.67. The van der Waals surface area contributed by atoms with Gasteiger partial charge in [0.2, 0.25) is 5.91 Å². The van der Waals surface area contributed by atoms with E-state index in [-0.39, 0.29) is 29.8 Å². The summed E-state index contributed by atoms with van der Waals surface area (Å²) >= 11 is 0. The van der Waals surface area contributed by atoms with Gasteiger partial charge in [0.25, 0.3) is 10.0 Å². The molecule has 0 aromatic heterocycles. The van der Waals surface area contributed by atoms with Crippen LogP contribution >= 0.6 is 0 Å². The fourth-order valence-electron chi connectivity index (χ4n) is 4.61. The van der Waals surface area contributed by atoms with Crippen LogP contribution in [0.1, 0.15) is 49.7 Å². The third kappa shape index (κ3) is 3.99. The lowest BCUT2D eigenvalue weighted by Crippen LogP contribution is -2.39. The van der Waals surface area contributed by atoms with Gasteiger partial charge in [-0.15, -0.1) is 0 Å². The van der Waals surface area contributed by atoms with Crippen LogP contribution < -0.4 is 4.72 Å². The van der Waals surface area contributed by atoms with Crippen LogP contribution in [0, 0.1) is 0 Å². The molecule has 0 radical (unpaired) electrons. The Labute approximate surface area is 178 Å². The molecular weight excluding hydrogens is 398 g/mol. The monoisotopic (exact) mass is 425 g/mol. The number of carbonyl (C=O) groups is 1. The Bertz CT molecular complexity index is 1050. The van der Waals surface area contributed by atoms with Crippen molar-refractivity contribution in [1.29, 1.82) is 0 Å². The van der Waals surface area contributed by atoms with Gasteiger partial charge >= 0.3 is 0 Å². The van der Waals surface area contributed by atoms with E-state index in [1.807, 2.05) is 11.0 Å². The molecule has 4 rings (SSSR count). The van der Waals surface area contributed by atoms with Gasteiger partial charge in [0, 0.05) is 30.5 Å². The van der Waals surface area contributed by atoms with E-state index < -0.39 is 10.0 Å². The number of benzene rings is 2. The van der Waals surface area contributed by atoms with Crippen LogP contribution in [0.2, 0.25) is 0 Å². The SMILES string of the molecule is CC[C@H](c1ccccc1)[C@H]1CCCN1C(=O)CCN=C1NS(=O)(=O)c2ccccc21. The maximum atomic E-state index is 13.0. The van der Waals surface area contributed by atoms with Crippen molar-refractivity contribution < 1.29 is 13.2 Å². The van der Waals surface area contributed by atoms with Crippen molar-refractivity contribution >= 4 is 21.8 Å². The number of aliphatic imine (C=N–C) groups is 1. The highest BCUT2D eigenvalue weighted by molar-refractivity contribution is 7.90. The van der Waals surface area contributed by atoms with Crippen molar-refractivity contribution in [2.45, 2.75) is 49.5 Å². The van der Waals surface area contributed by atoms with Gasteiger partial charge in [-0.1, -0.05) is 49.4 Å². The van der Waals surface area contributed by atoms with E-state index in [4.69, 9.17) is 0 Å². The smallest absolute Gasteiger partial charge is 0.263 e. The normalized spacial score (nSPS) is 22.0. The highest BCUT2D eigenvalue weighted by Crippen LogP contribution is 2.34. The van der Waals surface area contributed by atoms with Crippen molar-refractivity contribution in [1.82, 2.24) is 9.62 Å². The van der Waals surface area contributed by atoms with Gasteiger partial charge in [0.1, 0.15) is 5.84 Å². The number of carbonyl (C=O) groups excluding carboxylic acids is 1. The molecule has 0 spiro atoms. The first kappa shape index (κ1) is 20.6. The van der Waals surface area contributed by atoms with E-state index in [0.717, 1.165) is 25.8 Å². The lowest BCUT2D eigenvalue weighted by molar-refractivity contribution is -0.132. The van der Waals surface area contributed by atoms with Crippen LogP contribution in [-0.4, -0.2) is 44.2 Å². The number of amidine groups is 1. The molecule has 30 heavy (non-hydrogen) atoms. The molecular formula is C23H27N3O3S. The van der Waals surface area contributed by atoms with Crippen molar-refractivity contribution in [2.24, 2.45) is 4.99 Å². The Morgan fingerprint density at radius 1 is 1.17 bits per heavy atom. The highest BCUT2D eigenvalue weighted by atomic mass is 32.2. The molecule has 2 heterocycles. The van der Waals surface area contributed by atoms with Gasteiger partial charge in [0.05, 0.1) is 11.4 Å². The minimum Gasteiger partial charge on any atom is -0.339 e. The zero-order valence-corrected chi connectivity index (χ0v) is 17.9. The lowest BCUT2D eigenvalue weighted by Gasteiger charge is -2.31. The standard InChI is InChI=1S/C23H27N3O3S/c1-2-18(17-9-4-3-5-10-17)20-12-8-16-26(20)22(27)14-15-24-23-19-11-6-7-13-21(19)30(28,29)25-23/h3-7,9-11,13,18,20H,2,8,12,14-16H2,1H3,(H,24,25)/t18-,20-/m1/s1. The molecule has 2 atom stereocenters. The van der Waals surface area contributed by atoms with Crippen molar-refractivity contribution in [2.75, 3.05) is 13.1 Å². The van der Waals surface area contributed by atoms with Gasteiger partial charge in [-0.3, -0.25) is 14.5 Å².